The number of amides is 1. The van der Waals surface area contributed by atoms with Gasteiger partial charge < -0.3 is 10.1 Å². The van der Waals surface area contributed by atoms with E-state index in [1.807, 2.05) is 19.2 Å². The Morgan fingerprint density at radius 2 is 2.35 bits per heavy atom. The fraction of sp³-hybridized carbons (Fsp3) is 0.625. The lowest BCUT2D eigenvalue weighted by molar-refractivity contribution is -0.137. The minimum atomic E-state index is -0.0223. The number of aromatic nitrogens is 1. The Balaban J connectivity index is 1.95. The van der Waals surface area contributed by atoms with Crippen LogP contribution in [-0.2, 0) is 16.1 Å². The minimum absolute atomic E-state index is 0.0223. The van der Waals surface area contributed by atoms with E-state index >= 15 is 0 Å². The summed E-state index contributed by atoms with van der Waals surface area (Å²) in [5, 5.41) is 3.05. The summed E-state index contributed by atoms with van der Waals surface area (Å²) in [5.41, 5.74) is 2.22. The second kappa shape index (κ2) is 6.84. The van der Waals surface area contributed by atoms with Crippen molar-refractivity contribution in [2.24, 2.45) is 11.8 Å². The standard InChI is InChI=1S/C16H24N2O2/c1-11(2)15-14(5-4-8-20-15)16(19)18-10-13-6-7-17-9-12(13)3/h6-7,9,11,14-15H,4-5,8,10H2,1-3H3,(H,18,19)/t14-,15-/m0/s1. The van der Waals surface area contributed by atoms with Crippen LogP contribution in [0.4, 0.5) is 0 Å². The quantitative estimate of drug-likeness (QED) is 0.919. The average Bonchev–Trinajstić information content (AvgIpc) is 2.46. The number of nitrogens with one attached hydrogen (secondary N) is 1. The van der Waals surface area contributed by atoms with Gasteiger partial charge in [0, 0.05) is 25.5 Å². The van der Waals surface area contributed by atoms with Gasteiger partial charge in [-0.15, -0.1) is 0 Å². The van der Waals surface area contributed by atoms with Crippen molar-refractivity contribution in [1.29, 1.82) is 0 Å². The van der Waals surface area contributed by atoms with Crippen molar-refractivity contribution in [3.8, 4) is 0 Å². The molecule has 4 heteroatoms. The van der Waals surface area contributed by atoms with Crippen molar-refractivity contribution in [3.05, 3.63) is 29.6 Å². The van der Waals surface area contributed by atoms with Crippen LogP contribution in [0.5, 0.6) is 0 Å². The molecule has 0 radical (unpaired) electrons. The molecule has 1 aliphatic heterocycles. The number of aryl methyl sites for hydroxylation is 1. The maximum absolute atomic E-state index is 12.4. The molecule has 1 N–H and O–H groups in total. The lowest BCUT2D eigenvalue weighted by Crippen LogP contribution is -2.43. The highest BCUT2D eigenvalue weighted by molar-refractivity contribution is 5.79. The molecule has 0 aromatic carbocycles. The third-order valence-corrected chi connectivity index (χ3v) is 3.95. The monoisotopic (exact) mass is 276 g/mol. The first-order valence-corrected chi connectivity index (χ1v) is 7.38. The molecule has 0 saturated carbocycles. The Bertz CT molecular complexity index is 460. The average molecular weight is 276 g/mol. The molecule has 1 fully saturated rings. The van der Waals surface area contributed by atoms with E-state index in [1.165, 1.54) is 0 Å². The lowest BCUT2D eigenvalue weighted by atomic mass is 9.87. The molecule has 2 heterocycles. The summed E-state index contributed by atoms with van der Waals surface area (Å²) in [6.07, 6.45) is 5.51. The second-order valence-electron chi connectivity index (χ2n) is 5.85. The molecule has 0 aliphatic carbocycles. The number of ether oxygens (including phenoxy) is 1. The first kappa shape index (κ1) is 15.0. The summed E-state index contributed by atoms with van der Waals surface area (Å²) in [5.74, 6) is 0.458. The van der Waals surface area contributed by atoms with E-state index in [1.54, 1.807) is 6.20 Å². The van der Waals surface area contributed by atoms with Gasteiger partial charge in [0.2, 0.25) is 5.91 Å². The molecular weight excluding hydrogens is 252 g/mol. The van der Waals surface area contributed by atoms with E-state index in [4.69, 9.17) is 4.74 Å². The number of hydrogen-bond donors (Lipinski definition) is 1. The van der Waals surface area contributed by atoms with Gasteiger partial charge in [-0.3, -0.25) is 9.78 Å². The third kappa shape index (κ3) is 3.57. The van der Waals surface area contributed by atoms with E-state index in [-0.39, 0.29) is 17.9 Å². The molecule has 0 bridgehead atoms. The topological polar surface area (TPSA) is 51.2 Å². The van der Waals surface area contributed by atoms with Crippen molar-refractivity contribution in [1.82, 2.24) is 10.3 Å². The van der Waals surface area contributed by atoms with Crippen LogP contribution < -0.4 is 5.32 Å². The number of nitrogens with zero attached hydrogens (tertiary/aromatic N) is 1. The fourth-order valence-corrected chi connectivity index (χ4v) is 2.75. The minimum Gasteiger partial charge on any atom is -0.377 e. The first-order valence-electron chi connectivity index (χ1n) is 7.38. The maximum atomic E-state index is 12.4. The van der Waals surface area contributed by atoms with Gasteiger partial charge in [0.25, 0.3) is 0 Å². The van der Waals surface area contributed by atoms with Gasteiger partial charge in [0.05, 0.1) is 12.0 Å². The van der Waals surface area contributed by atoms with Gasteiger partial charge in [-0.1, -0.05) is 13.8 Å². The van der Waals surface area contributed by atoms with Crippen LogP contribution in [0.1, 0.15) is 37.8 Å². The number of pyridine rings is 1. The number of rotatable bonds is 4. The molecule has 0 spiro atoms. The molecule has 4 nitrogen and oxygen atoms in total. The normalized spacial score (nSPS) is 22.8. The van der Waals surface area contributed by atoms with Gasteiger partial charge in [-0.25, -0.2) is 0 Å². The highest BCUT2D eigenvalue weighted by atomic mass is 16.5. The van der Waals surface area contributed by atoms with Gasteiger partial charge in [0.1, 0.15) is 0 Å². The van der Waals surface area contributed by atoms with Crippen LogP contribution in [0.25, 0.3) is 0 Å². The predicted molar refractivity (Wildman–Crippen MR) is 78.1 cm³/mol. The Kier molecular flexibility index (Phi) is 5.12. The summed E-state index contributed by atoms with van der Waals surface area (Å²) in [6.45, 7) is 7.58. The number of carbonyl (C=O) groups is 1. The van der Waals surface area contributed by atoms with Gasteiger partial charge in [0.15, 0.2) is 0 Å². The Morgan fingerprint density at radius 1 is 1.55 bits per heavy atom. The largest absolute Gasteiger partial charge is 0.377 e. The summed E-state index contributed by atoms with van der Waals surface area (Å²) in [6, 6.07) is 1.95. The smallest absolute Gasteiger partial charge is 0.226 e. The van der Waals surface area contributed by atoms with E-state index in [9.17, 15) is 4.79 Å². The van der Waals surface area contributed by atoms with Crippen LogP contribution in [0, 0.1) is 18.8 Å². The van der Waals surface area contributed by atoms with E-state index in [0.29, 0.717) is 12.5 Å². The Morgan fingerprint density at radius 3 is 3.05 bits per heavy atom. The van der Waals surface area contributed by atoms with E-state index in [0.717, 1.165) is 30.6 Å². The van der Waals surface area contributed by atoms with Crippen LogP contribution in [0.15, 0.2) is 18.5 Å². The molecule has 1 aromatic rings. The molecule has 1 aromatic heterocycles. The molecule has 2 atom stereocenters. The Labute approximate surface area is 120 Å². The summed E-state index contributed by atoms with van der Waals surface area (Å²) >= 11 is 0. The van der Waals surface area contributed by atoms with Crippen molar-refractivity contribution >= 4 is 5.91 Å². The number of hydrogen-bond acceptors (Lipinski definition) is 3. The fourth-order valence-electron chi connectivity index (χ4n) is 2.75. The summed E-state index contributed by atoms with van der Waals surface area (Å²) < 4.78 is 5.78. The van der Waals surface area contributed by atoms with Gasteiger partial charge in [-0.2, -0.15) is 0 Å². The zero-order chi connectivity index (χ0) is 14.5. The zero-order valence-electron chi connectivity index (χ0n) is 12.6. The molecule has 1 saturated heterocycles. The molecular formula is C16H24N2O2. The second-order valence-corrected chi connectivity index (χ2v) is 5.85. The van der Waals surface area contributed by atoms with Crippen LogP contribution in [0.3, 0.4) is 0 Å². The van der Waals surface area contributed by atoms with Crippen LogP contribution >= 0.6 is 0 Å². The third-order valence-electron chi connectivity index (χ3n) is 3.95. The molecule has 1 aliphatic rings. The van der Waals surface area contributed by atoms with Gasteiger partial charge >= 0.3 is 0 Å². The lowest BCUT2D eigenvalue weighted by Gasteiger charge is -2.33. The first-order chi connectivity index (χ1) is 9.59. The van der Waals surface area contributed by atoms with E-state index < -0.39 is 0 Å². The highest BCUT2D eigenvalue weighted by Crippen LogP contribution is 2.26. The highest BCUT2D eigenvalue weighted by Gasteiger charge is 2.33. The van der Waals surface area contributed by atoms with Crippen molar-refractivity contribution in [3.63, 3.8) is 0 Å². The van der Waals surface area contributed by atoms with Crippen molar-refractivity contribution in [2.45, 2.75) is 46.3 Å². The Hall–Kier alpha value is -1.42. The molecule has 1 amide bonds. The van der Waals surface area contributed by atoms with Crippen LogP contribution in [0.2, 0.25) is 0 Å². The summed E-state index contributed by atoms with van der Waals surface area (Å²) in [4.78, 5) is 16.5. The van der Waals surface area contributed by atoms with Gasteiger partial charge in [-0.05, 0) is 42.9 Å². The molecule has 20 heavy (non-hydrogen) atoms. The molecule has 0 unspecified atom stereocenters. The number of carbonyl (C=O) groups excluding carboxylic acids is 1. The van der Waals surface area contributed by atoms with Crippen LogP contribution in [-0.4, -0.2) is 23.6 Å². The predicted octanol–water partition coefficient (Wildman–Crippen LogP) is 2.46. The van der Waals surface area contributed by atoms with E-state index in [2.05, 4.69) is 24.1 Å². The summed E-state index contributed by atoms with van der Waals surface area (Å²) in [7, 11) is 0. The maximum Gasteiger partial charge on any atom is 0.226 e. The zero-order valence-corrected chi connectivity index (χ0v) is 12.6. The van der Waals surface area contributed by atoms with Crippen molar-refractivity contribution < 1.29 is 9.53 Å². The van der Waals surface area contributed by atoms with Crippen molar-refractivity contribution in [2.75, 3.05) is 6.61 Å². The SMILES string of the molecule is Cc1cnccc1CNC(=O)[C@H]1CCCO[C@H]1C(C)C. The molecule has 2 rings (SSSR count). The molecule has 110 valence electrons.